The van der Waals surface area contributed by atoms with Crippen LogP contribution in [0.5, 0.6) is 5.75 Å². The Morgan fingerprint density at radius 1 is 1.35 bits per heavy atom. The minimum atomic E-state index is 0.265. The fraction of sp³-hybridized carbons (Fsp3) is 0.308. The molecule has 17 heavy (non-hydrogen) atoms. The summed E-state index contributed by atoms with van der Waals surface area (Å²) in [4.78, 5) is 0. The molecule has 2 heterocycles. The lowest BCUT2D eigenvalue weighted by atomic mass is 10.3. The quantitative estimate of drug-likeness (QED) is 0.754. The zero-order valence-electron chi connectivity index (χ0n) is 9.61. The van der Waals surface area contributed by atoms with E-state index in [0.717, 1.165) is 11.4 Å². The first-order valence-electron chi connectivity index (χ1n) is 5.71. The summed E-state index contributed by atoms with van der Waals surface area (Å²) in [6.45, 7) is 2.68. The molecule has 2 aromatic rings. The maximum absolute atomic E-state index is 5.62. The van der Waals surface area contributed by atoms with E-state index in [-0.39, 0.29) is 6.10 Å². The van der Waals surface area contributed by atoms with Crippen molar-refractivity contribution in [1.82, 2.24) is 9.78 Å². The Bertz CT molecular complexity index is 479. The SMILES string of the molecule is CC1OC1COc1ccc(-n2cccn2)cc1. The maximum Gasteiger partial charge on any atom is 0.119 e. The number of hydrogen-bond acceptors (Lipinski definition) is 3. The number of rotatable bonds is 4. The molecule has 0 N–H and O–H groups in total. The van der Waals surface area contributed by atoms with Crippen LogP contribution < -0.4 is 4.74 Å². The van der Waals surface area contributed by atoms with Gasteiger partial charge in [-0.15, -0.1) is 0 Å². The molecule has 0 amide bonds. The monoisotopic (exact) mass is 230 g/mol. The second-order valence-electron chi connectivity index (χ2n) is 4.14. The van der Waals surface area contributed by atoms with E-state index < -0.39 is 0 Å². The fourth-order valence-electron chi connectivity index (χ4n) is 1.70. The molecular formula is C13H14N2O2. The van der Waals surface area contributed by atoms with Crippen LogP contribution in [0.3, 0.4) is 0 Å². The number of nitrogens with zero attached hydrogens (tertiary/aromatic N) is 2. The van der Waals surface area contributed by atoms with Gasteiger partial charge in [0, 0.05) is 12.4 Å². The van der Waals surface area contributed by atoms with Gasteiger partial charge in [0.1, 0.15) is 18.5 Å². The molecule has 0 radical (unpaired) electrons. The van der Waals surface area contributed by atoms with Crippen molar-refractivity contribution in [1.29, 1.82) is 0 Å². The van der Waals surface area contributed by atoms with Crippen LogP contribution in [-0.4, -0.2) is 28.6 Å². The lowest BCUT2D eigenvalue weighted by Gasteiger charge is -2.05. The van der Waals surface area contributed by atoms with E-state index in [2.05, 4.69) is 12.0 Å². The number of epoxide rings is 1. The highest BCUT2D eigenvalue weighted by molar-refractivity contribution is 5.36. The summed E-state index contributed by atoms with van der Waals surface area (Å²) in [5, 5.41) is 4.17. The van der Waals surface area contributed by atoms with Gasteiger partial charge in [0.15, 0.2) is 0 Å². The highest BCUT2D eigenvalue weighted by Crippen LogP contribution is 2.22. The Morgan fingerprint density at radius 3 is 2.71 bits per heavy atom. The molecular weight excluding hydrogens is 216 g/mol. The van der Waals surface area contributed by atoms with E-state index in [9.17, 15) is 0 Å². The van der Waals surface area contributed by atoms with E-state index in [4.69, 9.17) is 9.47 Å². The van der Waals surface area contributed by atoms with Crippen LogP contribution in [0.15, 0.2) is 42.7 Å². The molecule has 0 bridgehead atoms. The lowest BCUT2D eigenvalue weighted by molar-refractivity contribution is 0.261. The first kappa shape index (κ1) is 10.4. The molecule has 0 aliphatic carbocycles. The van der Waals surface area contributed by atoms with Crippen molar-refractivity contribution in [3.63, 3.8) is 0 Å². The molecule has 3 rings (SSSR count). The Balaban J connectivity index is 1.64. The van der Waals surface area contributed by atoms with E-state index in [1.54, 1.807) is 6.20 Å². The van der Waals surface area contributed by atoms with Crippen LogP contribution in [0.1, 0.15) is 6.92 Å². The third-order valence-corrected chi connectivity index (χ3v) is 2.86. The largest absolute Gasteiger partial charge is 0.491 e. The van der Waals surface area contributed by atoms with Crippen LogP contribution in [0.25, 0.3) is 5.69 Å². The third-order valence-electron chi connectivity index (χ3n) is 2.86. The molecule has 1 saturated heterocycles. The Morgan fingerprint density at radius 2 is 2.12 bits per heavy atom. The first-order chi connectivity index (χ1) is 8.33. The normalized spacial score (nSPS) is 22.4. The molecule has 1 aliphatic heterocycles. The standard InChI is InChI=1S/C13H14N2O2/c1-10-13(17-10)9-16-12-5-3-11(4-6-12)15-8-2-7-14-15/h2-8,10,13H,9H2,1H3. The van der Waals surface area contributed by atoms with Gasteiger partial charge in [-0.1, -0.05) is 0 Å². The van der Waals surface area contributed by atoms with Crippen LogP contribution in [0, 0.1) is 0 Å². The van der Waals surface area contributed by atoms with E-state index in [1.807, 2.05) is 41.2 Å². The van der Waals surface area contributed by atoms with Crippen molar-refractivity contribution in [2.24, 2.45) is 0 Å². The van der Waals surface area contributed by atoms with Gasteiger partial charge in [-0.2, -0.15) is 5.10 Å². The minimum absolute atomic E-state index is 0.265. The topological polar surface area (TPSA) is 39.6 Å². The van der Waals surface area contributed by atoms with Gasteiger partial charge >= 0.3 is 0 Å². The summed E-state index contributed by atoms with van der Waals surface area (Å²) in [5.41, 5.74) is 1.03. The minimum Gasteiger partial charge on any atom is -0.491 e. The smallest absolute Gasteiger partial charge is 0.119 e. The van der Waals surface area contributed by atoms with Crippen molar-refractivity contribution >= 4 is 0 Å². The first-order valence-corrected chi connectivity index (χ1v) is 5.71. The van der Waals surface area contributed by atoms with E-state index in [0.29, 0.717) is 12.7 Å². The Kier molecular flexibility index (Phi) is 2.57. The summed E-state index contributed by atoms with van der Waals surface area (Å²) >= 11 is 0. The Labute approximate surface area is 99.8 Å². The average molecular weight is 230 g/mol. The number of hydrogen-bond donors (Lipinski definition) is 0. The van der Waals surface area contributed by atoms with E-state index >= 15 is 0 Å². The summed E-state index contributed by atoms with van der Waals surface area (Å²) in [5.74, 6) is 0.864. The van der Waals surface area contributed by atoms with Crippen LogP contribution in [0.4, 0.5) is 0 Å². The Hall–Kier alpha value is -1.81. The number of ether oxygens (including phenoxy) is 2. The van der Waals surface area contributed by atoms with Crippen molar-refractivity contribution in [2.45, 2.75) is 19.1 Å². The predicted octanol–water partition coefficient (Wildman–Crippen LogP) is 2.04. The number of benzene rings is 1. The van der Waals surface area contributed by atoms with Crippen molar-refractivity contribution in [3.05, 3.63) is 42.7 Å². The molecule has 2 atom stereocenters. The van der Waals surface area contributed by atoms with Gasteiger partial charge in [-0.25, -0.2) is 4.68 Å². The molecule has 4 heteroatoms. The third kappa shape index (κ3) is 2.31. The zero-order chi connectivity index (χ0) is 11.7. The van der Waals surface area contributed by atoms with Crippen LogP contribution >= 0.6 is 0 Å². The maximum atomic E-state index is 5.62. The summed E-state index contributed by atoms with van der Waals surface area (Å²) in [6.07, 6.45) is 4.28. The highest BCUT2D eigenvalue weighted by Gasteiger charge is 2.34. The lowest BCUT2D eigenvalue weighted by Crippen LogP contribution is -2.06. The van der Waals surface area contributed by atoms with Gasteiger partial charge < -0.3 is 9.47 Å². The van der Waals surface area contributed by atoms with E-state index in [1.165, 1.54) is 0 Å². The molecule has 88 valence electrons. The highest BCUT2D eigenvalue weighted by atomic mass is 16.6. The summed E-state index contributed by atoms with van der Waals surface area (Å²) in [6, 6.07) is 9.77. The summed E-state index contributed by atoms with van der Waals surface area (Å²) < 4.78 is 12.7. The van der Waals surface area contributed by atoms with Crippen LogP contribution in [0.2, 0.25) is 0 Å². The van der Waals surface area contributed by atoms with Gasteiger partial charge in [-0.3, -0.25) is 0 Å². The summed E-state index contributed by atoms with van der Waals surface area (Å²) in [7, 11) is 0. The van der Waals surface area contributed by atoms with Crippen molar-refractivity contribution in [3.8, 4) is 11.4 Å². The second-order valence-corrected chi connectivity index (χ2v) is 4.14. The molecule has 1 aromatic heterocycles. The molecule has 1 aliphatic rings. The number of aromatic nitrogens is 2. The fourth-order valence-corrected chi connectivity index (χ4v) is 1.70. The van der Waals surface area contributed by atoms with Gasteiger partial charge in [-0.05, 0) is 37.3 Å². The van der Waals surface area contributed by atoms with Crippen molar-refractivity contribution in [2.75, 3.05) is 6.61 Å². The van der Waals surface area contributed by atoms with Gasteiger partial charge in [0.05, 0.1) is 11.8 Å². The molecule has 0 spiro atoms. The molecule has 4 nitrogen and oxygen atoms in total. The molecule has 1 fully saturated rings. The van der Waals surface area contributed by atoms with Gasteiger partial charge in [0.2, 0.25) is 0 Å². The molecule has 2 unspecified atom stereocenters. The zero-order valence-corrected chi connectivity index (χ0v) is 9.61. The van der Waals surface area contributed by atoms with Gasteiger partial charge in [0.25, 0.3) is 0 Å². The van der Waals surface area contributed by atoms with Crippen LogP contribution in [-0.2, 0) is 4.74 Å². The average Bonchev–Trinajstić information content (AvgIpc) is 2.83. The predicted molar refractivity (Wildman–Crippen MR) is 63.4 cm³/mol. The molecule has 0 saturated carbocycles. The second kappa shape index (κ2) is 4.22. The van der Waals surface area contributed by atoms with Crippen molar-refractivity contribution < 1.29 is 9.47 Å². The molecule has 1 aromatic carbocycles.